The number of nitrogens with zero attached hydrogens (tertiary/aromatic N) is 2. The maximum Gasteiger partial charge on any atom is 0.339 e. The van der Waals surface area contributed by atoms with E-state index >= 15 is 0 Å². The molecule has 0 spiro atoms. The molecule has 2 aromatic carbocycles. The van der Waals surface area contributed by atoms with Gasteiger partial charge in [-0.15, -0.1) is 0 Å². The van der Waals surface area contributed by atoms with E-state index in [1.807, 2.05) is 24.3 Å². The van der Waals surface area contributed by atoms with E-state index in [1.165, 1.54) is 43.4 Å². The normalized spacial score (nSPS) is 13.1. The number of carboxylic acids is 1. The van der Waals surface area contributed by atoms with Crippen LogP contribution in [-0.2, 0) is 17.8 Å². The molecule has 1 fully saturated rings. The van der Waals surface area contributed by atoms with Crippen molar-refractivity contribution in [3.63, 3.8) is 0 Å². The summed E-state index contributed by atoms with van der Waals surface area (Å²) in [4.78, 5) is 31.0. The van der Waals surface area contributed by atoms with Crippen molar-refractivity contribution in [3.8, 4) is 17.6 Å². The molecule has 202 valence electrons. The molecular weight excluding hydrogens is 488 g/mol. The van der Waals surface area contributed by atoms with Gasteiger partial charge in [-0.25, -0.2) is 9.78 Å². The summed E-state index contributed by atoms with van der Waals surface area (Å²) in [5, 5.41) is 19.4. The number of hydrogen-bond acceptors (Lipinski definition) is 4. The van der Waals surface area contributed by atoms with Crippen LogP contribution in [0.3, 0.4) is 0 Å². The highest BCUT2D eigenvalue weighted by atomic mass is 16.4. The van der Waals surface area contributed by atoms with E-state index in [2.05, 4.69) is 35.9 Å². The zero-order valence-corrected chi connectivity index (χ0v) is 22.5. The quantitative estimate of drug-likeness (QED) is 0.287. The minimum atomic E-state index is -1.24. The summed E-state index contributed by atoms with van der Waals surface area (Å²) >= 11 is 0. The van der Waals surface area contributed by atoms with Gasteiger partial charge in [0.15, 0.2) is 0 Å². The van der Waals surface area contributed by atoms with Gasteiger partial charge in [0.1, 0.15) is 17.0 Å². The summed E-state index contributed by atoms with van der Waals surface area (Å²) < 4.78 is 0. The summed E-state index contributed by atoms with van der Waals surface area (Å²) in [6.45, 7) is 2.43. The first-order chi connectivity index (χ1) is 18.9. The van der Waals surface area contributed by atoms with Crippen molar-refractivity contribution in [2.45, 2.75) is 71.3 Å². The summed E-state index contributed by atoms with van der Waals surface area (Å²) in [5.74, 6) is 5.18. The maximum absolute atomic E-state index is 13.4. The molecule has 0 bridgehead atoms. The smallest absolute Gasteiger partial charge is 0.339 e. The van der Waals surface area contributed by atoms with Crippen LogP contribution in [0.2, 0.25) is 0 Å². The first-order valence-electron chi connectivity index (χ1n) is 13.9. The van der Waals surface area contributed by atoms with Gasteiger partial charge in [0.05, 0.1) is 6.54 Å². The molecule has 4 rings (SSSR count). The molecule has 3 aromatic rings. The first-order valence-corrected chi connectivity index (χ1v) is 13.9. The van der Waals surface area contributed by atoms with Crippen LogP contribution in [0.15, 0.2) is 60.8 Å². The van der Waals surface area contributed by atoms with Crippen molar-refractivity contribution < 1.29 is 19.8 Å². The number of carbonyl (C=O) groups excluding carboxylic acids is 1. The number of rotatable bonds is 10. The lowest BCUT2D eigenvalue weighted by molar-refractivity contribution is -0.119. The molecular formula is C33H36N2O4. The van der Waals surface area contributed by atoms with Gasteiger partial charge in [0, 0.05) is 23.9 Å². The molecule has 39 heavy (non-hydrogen) atoms. The summed E-state index contributed by atoms with van der Waals surface area (Å²) in [5.41, 5.74) is 3.89. The van der Waals surface area contributed by atoms with Gasteiger partial charge in [0.2, 0.25) is 5.91 Å². The highest BCUT2D eigenvalue weighted by molar-refractivity contribution is 5.97. The van der Waals surface area contributed by atoms with Gasteiger partial charge in [-0.3, -0.25) is 4.79 Å². The standard InChI is InChI=1S/C33H36N2O4/c1-2-3-6-25-9-11-26(12-10-25)13-16-28-17-14-27(22-34-28)23-35(32(37)20-15-24-7-4-5-8-24)29-18-19-31(36)30(21-29)33(38)39/h9-12,14,17-19,21-22,24,36H,2-8,15,20,23H2,1H3,(H,38,39). The number of benzene rings is 2. The molecule has 0 saturated heterocycles. The number of aromatic carboxylic acids is 1. The monoisotopic (exact) mass is 524 g/mol. The molecule has 6 nitrogen and oxygen atoms in total. The van der Waals surface area contributed by atoms with Crippen LogP contribution in [0.25, 0.3) is 0 Å². The lowest BCUT2D eigenvalue weighted by atomic mass is 10.0. The summed E-state index contributed by atoms with van der Waals surface area (Å²) in [6, 6.07) is 16.3. The van der Waals surface area contributed by atoms with Gasteiger partial charge in [0.25, 0.3) is 0 Å². The molecule has 2 N–H and O–H groups in total. The second kappa shape index (κ2) is 13.6. The Morgan fingerprint density at radius 3 is 2.41 bits per heavy atom. The van der Waals surface area contributed by atoms with Crippen LogP contribution in [-0.4, -0.2) is 27.1 Å². The minimum Gasteiger partial charge on any atom is -0.507 e. The van der Waals surface area contributed by atoms with Crippen molar-refractivity contribution in [2.24, 2.45) is 5.92 Å². The number of amides is 1. The van der Waals surface area contributed by atoms with Crippen LogP contribution in [0.4, 0.5) is 5.69 Å². The Morgan fingerprint density at radius 1 is 1.00 bits per heavy atom. The highest BCUT2D eigenvalue weighted by Crippen LogP contribution is 2.30. The van der Waals surface area contributed by atoms with Gasteiger partial charge >= 0.3 is 5.97 Å². The van der Waals surface area contributed by atoms with Crippen LogP contribution >= 0.6 is 0 Å². The van der Waals surface area contributed by atoms with Gasteiger partial charge in [-0.05, 0) is 78.6 Å². The van der Waals surface area contributed by atoms with Crippen LogP contribution in [0, 0.1) is 17.8 Å². The molecule has 0 atom stereocenters. The Balaban J connectivity index is 1.48. The lowest BCUT2D eigenvalue weighted by Gasteiger charge is -2.24. The fourth-order valence-electron chi connectivity index (χ4n) is 4.99. The number of aromatic hydroxyl groups is 1. The predicted octanol–water partition coefficient (Wildman–Crippen LogP) is 6.73. The molecule has 0 aliphatic heterocycles. The summed E-state index contributed by atoms with van der Waals surface area (Å²) in [7, 11) is 0. The Hall–Kier alpha value is -4.11. The highest BCUT2D eigenvalue weighted by Gasteiger charge is 2.22. The number of phenols is 1. The third kappa shape index (κ3) is 7.94. The molecule has 1 aliphatic carbocycles. The molecule has 1 amide bonds. The first kappa shape index (κ1) is 27.9. The Morgan fingerprint density at radius 2 is 1.74 bits per heavy atom. The van der Waals surface area contributed by atoms with Crippen molar-refractivity contribution in [1.29, 1.82) is 0 Å². The average Bonchev–Trinajstić information content (AvgIpc) is 3.48. The SMILES string of the molecule is CCCCc1ccc(C#Cc2ccc(CN(C(=O)CCC3CCCC3)c3ccc(O)c(C(=O)O)c3)cn2)cc1. The zero-order chi connectivity index (χ0) is 27.6. The zero-order valence-electron chi connectivity index (χ0n) is 22.5. The van der Waals surface area contributed by atoms with E-state index in [1.54, 1.807) is 17.2 Å². The van der Waals surface area contributed by atoms with Crippen LogP contribution in [0.5, 0.6) is 5.75 Å². The number of pyridine rings is 1. The molecule has 0 radical (unpaired) electrons. The van der Waals surface area contributed by atoms with Crippen LogP contribution < -0.4 is 4.90 Å². The Bertz CT molecular complexity index is 1330. The lowest BCUT2D eigenvalue weighted by Crippen LogP contribution is -2.30. The van der Waals surface area contributed by atoms with Gasteiger partial charge in [-0.2, -0.15) is 0 Å². The number of hydrogen-bond donors (Lipinski definition) is 2. The number of carbonyl (C=O) groups is 2. The number of unbranched alkanes of at least 4 members (excludes halogenated alkanes) is 1. The Labute approximate surface area is 230 Å². The second-order valence-corrected chi connectivity index (χ2v) is 10.3. The summed E-state index contributed by atoms with van der Waals surface area (Å²) in [6.07, 6.45) is 11.1. The minimum absolute atomic E-state index is 0.0739. The van der Waals surface area contributed by atoms with Crippen molar-refractivity contribution in [1.82, 2.24) is 4.98 Å². The largest absolute Gasteiger partial charge is 0.507 e. The van der Waals surface area contributed by atoms with Crippen molar-refractivity contribution in [3.05, 3.63) is 88.7 Å². The van der Waals surface area contributed by atoms with Crippen LogP contribution in [0.1, 0.15) is 91.0 Å². The van der Waals surface area contributed by atoms with Gasteiger partial charge in [-0.1, -0.05) is 63.1 Å². The number of aromatic nitrogens is 1. The van der Waals surface area contributed by atoms with E-state index in [0.717, 1.165) is 36.8 Å². The van der Waals surface area contributed by atoms with Crippen molar-refractivity contribution >= 4 is 17.6 Å². The Kier molecular flexibility index (Phi) is 9.74. The molecule has 6 heteroatoms. The number of anilines is 1. The molecule has 1 aliphatic rings. The number of aryl methyl sites for hydroxylation is 1. The third-order valence-corrected chi connectivity index (χ3v) is 7.34. The molecule has 1 heterocycles. The third-order valence-electron chi connectivity index (χ3n) is 7.34. The molecule has 1 saturated carbocycles. The topological polar surface area (TPSA) is 90.7 Å². The molecule has 1 aromatic heterocycles. The fourth-order valence-corrected chi connectivity index (χ4v) is 4.99. The van der Waals surface area contributed by atoms with Gasteiger partial charge < -0.3 is 15.1 Å². The van der Waals surface area contributed by atoms with E-state index < -0.39 is 5.97 Å². The second-order valence-electron chi connectivity index (χ2n) is 10.3. The van der Waals surface area contributed by atoms with E-state index in [0.29, 0.717) is 23.7 Å². The van der Waals surface area contributed by atoms with E-state index in [4.69, 9.17) is 0 Å². The van der Waals surface area contributed by atoms with Crippen molar-refractivity contribution in [2.75, 3.05) is 4.90 Å². The predicted molar refractivity (Wildman–Crippen MR) is 153 cm³/mol. The number of carboxylic acid groups (broad SMARTS) is 1. The average molecular weight is 525 g/mol. The maximum atomic E-state index is 13.4. The molecule has 0 unspecified atom stereocenters. The fraction of sp³-hybridized carbons (Fsp3) is 0.364. The van der Waals surface area contributed by atoms with E-state index in [9.17, 15) is 19.8 Å². The van der Waals surface area contributed by atoms with E-state index in [-0.39, 0.29) is 23.8 Å².